The fraction of sp³-hybridized carbons (Fsp3) is 0.400. The molecule has 0 aromatic carbocycles. The summed E-state index contributed by atoms with van der Waals surface area (Å²) in [7, 11) is 0. The van der Waals surface area contributed by atoms with Crippen molar-refractivity contribution in [3.05, 3.63) is 23.7 Å². The van der Waals surface area contributed by atoms with Crippen LogP contribution < -0.4 is 0 Å². The van der Waals surface area contributed by atoms with Crippen molar-refractivity contribution in [1.82, 2.24) is 0 Å². The van der Waals surface area contributed by atoms with Crippen LogP contribution in [0, 0.1) is 0 Å². The van der Waals surface area contributed by atoms with E-state index in [1.165, 1.54) is 17.8 Å². The topological polar surface area (TPSA) is 87.7 Å². The first-order valence-corrected chi connectivity index (χ1v) is 5.86. The average Bonchev–Trinajstić information content (AvgIpc) is 2.65. The molecule has 0 unspecified atom stereocenters. The molecule has 0 aliphatic carbocycles. The number of rotatable bonds is 7. The normalized spacial score (nSPS) is 10.2. The molecular formula is C10H12O5S. The maximum Gasteiger partial charge on any atom is 0.371 e. The SMILES string of the molecule is O=C(O)CCCSCc1ccc(C(=O)O)o1. The van der Waals surface area contributed by atoms with Crippen LogP contribution in [-0.2, 0) is 10.5 Å². The van der Waals surface area contributed by atoms with Crippen LogP contribution in [0.4, 0.5) is 0 Å². The summed E-state index contributed by atoms with van der Waals surface area (Å²) >= 11 is 1.52. The van der Waals surface area contributed by atoms with Crippen LogP contribution in [0.25, 0.3) is 0 Å². The molecular weight excluding hydrogens is 232 g/mol. The first-order chi connectivity index (χ1) is 7.59. The highest BCUT2D eigenvalue weighted by molar-refractivity contribution is 7.98. The van der Waals surface area contributed by atoms with Gasteiger partial charge in [0.1, 0.15) is 5.76 Å². The lowest BCUT2D eigenvalue weighted by Gasteiger charge is -1.97. The first-order valence-electron chi connectivity index (χ1n) is 4.71. The van der Waals surface area contributed by atoms with Crippen LogP contribution in [0.15, 0.2) is 16.5 Å². The Hall–Kier alpha value is -1.43. The molecule has 6 heteroatoms. The fourth-order valence-electron chi connectivity index (χ4n) is 1.07. The summed E-state index contributed by atoms with van der Waals surface area (Å²) in [5, 5.41) is 17.0. The summed E-state index contributed by atoms with van der Waals surface area (Å²) in [5.74, 6) is -0.0739. The second-order valence-electron chi connectivity index (χ2n) is 3.12. The molecule has 88 valence electrons. The Kier molecular flexibility index (Phi) is 4.91. The minimum absolute atomic E-state index is 0.0684. The molecule has 0 aliphatic rings. The predicted molar refractivity (Wildman–Crippen MR) is 58.7 cm³/mol. The van der Waals surface area contributed by atoms with E-state index in [2.05, 4.69) is 0 Å². The van der Waals surface area contributed by atoms with Gasteiger partial charge in [0.25, 0.3) is 0 Å². The van der Waals surface area contributed by atoms with Crippen molar-refractivity contribution < 1.29 is 24.2 Å². The Morgan fingerprint density at radius 1 is 1.31 bits per heavy atom. The van der Waals surface area contributed by atoms with Gasteiger partial charge in [-0.3, -0.25) is 4.79 Å². The molecule has 0 atom stereocenters. The van der Waals surface area contributed by atoms with Crippen molar-refractivity contribution in [2.45, 2.75) is 18.6 Å². The summed E-state index contributed by atoms with van der Waals surface area (Å²) in [6, 6.07) is 3.03. The van der Waals surface area contributed by atoms with E-state index in [0.717, 1.165) is 5.75 Å². The molecule has 1 rings (SSSR count). The molecule has 1 aromatic rings. The zero-order valence-electron chi connectivity index (χ0n) is 8.51. The number of carboxylic acid groups (broad SMARTS) is 2. The van der Waals surface area contributed by atoms with Gasteiger partial charge in [-0.25, -0.2) is 4.79 Å². The zero-order chi connectivity index (χ0) is 12.0. The molecule has 0 radical (unpaired) electrons. The molecule has 0 bridgehead atoms. The highest BCUT2D eigenvalue weighted by Gasteiger charge is 2.08. The number of aromatic carboxylic acids is 1. The fourth-order valence-corrected chi connectivity index (χ4v) is 1.92. The molecule has 5 nitrogen and oxygen atoms in total. The van der Waals surface area contributed by atoms with Gasteiger partial charge in [0.05, 0.1) is 5.75 Å². The molecule has 0 saturated carbocycles. The van der Waals surface area contributed by atoms with Gasteiger partial charge in [0.15, 0.2) is 0 Å². The van der Waals surface area contributed by atoms with E-state index in [9.17, 15) is 9.59 Å². The molecule has 1 aromatic heterocycles. The van der Waals surface area contributed by atoms with E-state index >= 15 is 0 Å². The second kappa shape index (κ2) is 6.22. The molecule has 2 N–H and O–H groups in total. The quantitative estimate of drug-likeness (QED) is 0.714. The van der Waals surface area contributed by atoms with Gasteiger partial charge in [-0.15, -0.1) is 0 Å². The molecule has 0 aliphatic heterocycles. The minimum Gasteiger partial charge on any atom is -0.481 e. The van der Waals surface area contributed by atoms with Crippen LogP contribution in [0.3, 0.4) is 0 Å². The van der Waals surface area contributed by atoms with Gasteiger partial charge in [-0.1, -0.05) is 0 Å². The third kappa shape index (κ3) is 4.39. The monoisotopic (exact) mass is 244 g/mol. The summed E-state index contributed by atoms with van der Waals surface area (Å²) < 4.78 is 5.04. The number of hydrogen-bond donors (Lipinski definition) is 2. The maximum atomic E-state index is 10.5. The lowest BCUT2D eigenvalue weighted by Crippen LogP contribution is -1.95. The van der Waals surface area contributed by atoms with E-state index in [1.54, 1.807) is 6.07 Å². The van der Waals surface area contributed by atoms with Gasteiger partial charge in [-0.05, 0) is 24.3 Å². The lowest BCUT2D eigenvalue weighted by atomic mass is 10.3. The minimum atomic E-state index is -1.08. The Morgan fingerprint density at radius 2 is 2.06 bits per heavy atom. The van der Waals surface area contributed by atoms with E-state index in [1.807, 2.05) is 0 Å². The van der Waals surface area contributed by atoms with Gasteiger partial charge in [-0.2, -0.15) is 11.8 Å². The summed E-state index contributed by atoms with van der Waals surface area (Å²) in [6.45, 7) is 0. The van der Waals surface area contributed by atoms with E-state index in [-0.39, 0.29) is 12.2 Å². The third-order valence-electron chi connectivity index (χ3n) is 1.80. The molecule has 16 heavy (non-hydrogen) atoms. The summed E-state index contributed by atoms with van der Waals surface area (Å²) in [6.07, 6.45) is 0.762. The van der Waals surface area contributed by atoms with Crippen LogP contribution >= 0.6 is 11.8 Å². The maximum absolute atomic E-state index is 10.5. The Balaban J connectivity index is 2.21. The average molecular weight is 244 g/mol. The molecule has 0 spiro atoms. The highest BCUT2D eigenvalue weighted by atomic mass is 32.2. The zero-order valence-corrected chi connectivity index (χ0v) is 9.33. The van der Waals surface area contributed by atoms with Crippen molar-refractivity contribution >= 4 is 23.7 Å². The van der Waals surface area contributed by atoms with E-state index in [4.69, 9.17) is 14.6 Å². The first kappa shape index (κ1) is 12.6. The van der Waals surface area contributed by atoms with Crippen molar-refractivity contribution in [2.24, 2.45) is 0 Å². The van der Waals surface area contributed by atoms with Crippen molar-refractivity contribution in [1.29, 1.82) is 0 Å². The van der Waals surface area contributed by atoms with Crippen molar-refractivity contribution in [3.63, 3.8) is 0 Å². The van der Waals surface area contributed by atoms with Crippen LogP contribution in [0.1, 0.15) is 29.2 Å². The van der Waals surface area contributed by atoms with Gasteiger partial charge < -0.3 is 14.6 Å². The van der Waals surface area contributed by atoms with Gasteiger partial charge in [0, 0.05) is 6.42 Å². The Labute approximate surface area is 96.5 Å². The molecule has 0 fully saturated rings. The smallest absolute Gasteiger partial charge is 0.371 e. The van der Waals surface area contributed by atoms with Crippen molar-refractivity contribution in [2.75, 3.05) is 5.75 Å². The number of carbonyl (C=O) groups is 2. The van der Waals surface area contributed by atoms with E-state index < -0.39 is 11.9 Å². The van der Waals surface area contributed by atoms with Crippen molar-refractivity contribution in [3.8, 4) is 0 Å². The van der Waals surface area contributed by atoms with Crippen LogP contribution in [-0.4, -0.2) is 27.9 Å². The van der Waals surface area contributed by atoms with Crippen LogP contribution in [0.5, 0.6) is 0 Å². The highest BCUT2D eigenvalue weighted by Crippen LogP contribution is 2.16. The number of hydrogen-bond acceptors (Lipinski definition) is 4. The summed E-state index contributed by atoms with van der Waals surface area (Å²) in [4.78, 5) is 20.7. The number of carboxylic acids is 2. The third-order valence-corrected chi connectivity index (χ3v) is 2.86. The standard InChI is InChI=1S/C10H12O5S/c11-9(12)2-1-5-16-6-7-3-4-8(15-7)10(13)14/h3-4H,1-2,5-6H2,(H,11,12)(H,13,14). The largest absolute Gasteiger partial charge is 0.481 e. The Bertz CT molecular complexity index is 371. The number of aliphatic carboxylic acids is 1. The molecule has 0 amide bonds. The Morgan fingerprint density at radius 3 is 2.62 bits per heavy atom. The van der Waals surface area contributed by atoms with E-state index in [0.29, 0.717) is 17.9 Å². The lowest BCUT2D eigenvalue weighted by molar-refractivity contribution is -0.137. The predicted octanol–water partition coefficient (Wildman–Crippen LogP) is 2.08. The summed E-state index contributed by atoms with van der Waals surface area (Å²) in [5.41, 5.74) is 0. The second-order valence-corrected chi connectivity index (χ2v) is 4.23. The molecule has 0 saturated heterocycles. The van der Waals surface area contributed by atoms with Crippen LogP contribution in [0.2, 0.25) is 0 Å². The van der Waals surface area contributed by atoms with Gasteiger partial charge in [0.2, 0.25) is 5.76 Å². The van der Waals surface area contributed by atoms with Gasteiger partial charge >= 0.3 is 11.9 Å². The molecule has 1 heterocycles. The number of thioether (sulfide) groups is 1. The number of furan rings is 1.